The Labute approximate surface area is 120 Å². The van der Waals surface area contributed by atoms with Crippen LogP contribution in [0.2, 0.25) is 0 Å². The molecule has 0 aliphatic carbocycles. The number of allylic oxidation sites excluding steroid dienone is 1. The van der Waals surface area contributed by atoms with Crippen LogP contribution < -0.4 is 11.1 Å². The molecule has 1 aliphatic rings. The number of Topliss-reactive ketones (excluding diaryl/α,β-unsaturated/α-hetero) is 1. The normalized spacial score (nSPS) is 17.4. The Hall–Kier alpha value is -1.66. The van der Waals surface area contributed by atoms with Crippen LogP contribution in [0.1, 0.15) is 18.1 Å². The molecule has 1 amide bonds. The van der Waals surface area contributed by atoms with E-state index >= 15 is 0 Å². The fourth-order valence-electron chi connectivity index (χ4n) is 1.84. The summed E-state index contributed by atoms with van der Waals surface area (Å²) in [6, 6.07) is 5.38. The lowest BCUT2D eigenvalue weighted by Gasteiger charge is -2.10. The van der Waals surface area contributed by atoms with E-state index in [1.807, 2.05) is 13.0 Å². The second-order valence-corrected chi connectivity index (χ2v) is 5.88. The molecule has 1 aliphatic heterocycles. The van der Waals surface area contributed by atoms with Gasteiger partial charge in [-0.05, 0) is 26.0 Å². The SMILES string of the molecule is CC(=O)/C(=C1\SC(=S)NC1=O)c1cc(C)ccc1N. The molecular formula is C13H12N2O2S2. The molecule has 1 heterocycles. The maximum Gasteiger partial charge on any atom is 0.264 e. The lowest BCUT2D eigenvalue weighted by atomic mass is 9.98. The Morgan fingerprint density at radius 1 is 1.42 bits per heavy atom. The number of amides is 1. The van der Waals surface area contributed by atoms with Crippen LogP contribution in [0.4, 0.5) is 5.69 Å². The first-order valence-electron chi connectivity index (χ1n) is 5.55. The van der Waals surface area contributed by atoms with Crippen LogP contribution >= 0.6 is 24.0 Å². The van der Waals surface area contributed by atoms with Crippen molar-refractivity contribution in [1.82, 2.24) is 5.32 Å². The largest absolute Gasteiger partial charge is 0.398 e. The Kier molecular flexibility index (Phi) is 3.73. The highest BCUT2D eigenvalue weighted by Crippen LogP contribution is 2.35. The van der Waals surface area contributed by atoms with E-state index in [0.29, 0.717) is 26.0 Å². The maximum atomic E-state index is 11.9. The third-order valence-electron chi connectivity index (χ3n) is 2.67. The van der Waals surface area contributed by atoms with E-state index in [1.165, 1.54) is 6.92 Å². The van der Waals surface area contributed by atoms with E-state index in [9.17, 15) is 9.59 Å². The summed E-state index contributed by atoms with van der Waals surface area (Å²) in [4.78, 5) is 24.0. The molecule has 0 bridgehead atoms. The number of nitrogens with two attached hydrogens (primary N) is 1. The number of hydrogen-bond acceptors (Lipinski definition) is 5. The van der Waals surface area contributed by atoms with Crippen LogP contribution in [0, 0.1) is 6.92 Å². The van der Waals surface area contributed by atoms with Gasteiger partial charge < -0.3 is 11.1 Å². The fraction of sp³-hybridized carbons (Fsp3) is 0.154. The van der Waals surface area contributed by atoms with Crippen LogP contribution in [-0.4, -0.2) is 16.0 Å². The number of nitrogen functional groups attached to an aromatic ring is 1. The first-order chi connectivity index (χ1) is 8.90. The van der Waals surface area contributed by atoms with Gasteiger partial charge in [-0.1, -0.05) is 35.6 Å². The minimum absolute atomic E-state index is 0.209. The number of rotatable bonds is 2. The van der Waals surface area contributed by atoms with Crippen LogP contribution in [0.25, 0.3) is 5.57 Å². The zero-order valence-electron chi connectivity index (χ0n) is 10.4. The van der Waals surface area contributed by atoms with Gasteiger partial charge in [0.25, 0.3) is 5.91 Å². The van der Waals surface area contributed by atoms with Crippen LogP contribution in [-0.2, 0) is 9.59 Å². The highest BCUT2D eigenvalue weighted by Gasteiger charge is 2.29. The number of benzene rings is 1. The highest BCUT2D eigenvalue weighted by atomic mass is 32.2. The van der Waals surface area contributed by atoms with Gasteiger partial charge in [0.15, 0.2) is 5.78 Å². The molecule has 4 nitrogen and oxygen atoms in total. The Bertz CT molecular complexity index is 636. The second kappa shape index (κ2) is 5.14. The van der Waals surface area contributed by atoms with Gasteiger partial charge in [-0.25, -0.2) is 0 Å². The number of thioether (sulfide) groups is 1. The van der Waals surface area contributed by atoms with Gasteiger partial charge >= 0.3 is 0 Å². The van der Waals surface area contributed by atoms with Gasteiger partial charge in [0.1, 0.15) is 4.32 Å². The van der Waals surface area contributed by atoms with Gasteiger partial charge in [-0.15, -0.1) is 0 Å². The summed E-state index contributed by atoms with van der Waals surface area (Å²) < 4.78 is 0.352. The summed E-state index contributed by atoms with van der Waals surface area (Å²) in [5.74, 6) is -0.555. The van der Waals surface area contributed by atoms with Crippen LogP contribution in [0.3, 0.4) is 0 Å². The van der Waals surface area contributed by atoms with Crippen molar-refractivity contribution in [2.24, 2.45) is 0 Å². The monoisotopic (exact) mass is 292 g/mol. The van der Waals surface area contributed by atoms with E-state index < -0.39 is 0 Å². The van der Waals surface area contributed by atoms with E-state index in [4.69, 9.17) is 18.0 Å². The molecule has 0 aromatic heterocycles. The molecule has 19 heavy (non-hydrogen) atoms. The smallest absolute Gasteiger partial charge is 0.264 e. The van der Waals surface area contributed by atoms with E-state index in [2.05, 4.69) is 5.32 Å². The molecule has 98 valence electrons. The van der Waals surface area contributed by atoms with Crippen molar-refractivity contribution in [3.05, 3.63) is 34.2 Å². The topological polar surface area (TPSA) is 72.2 Å². The van der Waals surface area contributed by atoms with E-state index in [0.717, 1.165) is 17.3 Å². The van der Waals surface area contributed by atoms with Gasteiger partial charge in [-0.3, -0.25) is 9.59 Å². The second-order valence-electron chi connectivity index (χ2n) is 4.19. The maximum absolute atomic E-state index is 11.9. The summed E-state index contributed by atoms with van der Waals surface area (Å²) in [7, 11) is 0. The Morgan fingerprint density at radius 3 is 2.63 bits per heavy atom. The van der Waals surface area contributed by atoms with Crippen molar-refractivity contribution in [2.45, 2.75) is 13.8 Å². The predicted octanol–water partition coefficient (Wildman–Crippen LogP) is 2.03. The van der Waals surface area contributed by atoms with Gasteiger partial charge in [0, 0.05) is 16.8 Å². The van der Waals surface area contributed by atoms with E-state index in [1.54, 1.807) is 12.1 Å². The molecule has 0 radical (unpaired) electrons. The molecular weight excluding hydrogens is 280 g/mol. The van der Waals surface area contributed by atoms with Crippen molar-refractivity contribution in [2.75, 3.05) is 5.73 Å². The highest BCUT2D eigenvalue weighted by molar-refractivity contribution is 8.27. The molecule has 2 rings (SSSR count). The molecule has 0 saturated carbocycles. The summed E-state index contributed by atoms with van der Waals surface area (Å²) >= 11 is 6.04. The van der Waals surface area contributed by atoms with Crippen molar-refractivity contribution < 1.29 is 9.59 Å². The zero-order valence-corrected chi connectivity index (χ0v) is 12.1. The standard InChI is InChI=1S/C13H12N2O2S2/c1-6-3-4-9(14)8(5-6)10(7(2)16)11-12(17)15-13(18)19-11/h3-5H,14H2,1-2H3,(H,15,17,18)/b11-10+. The van der Waals surface area contributed by atoms with Crippen molar-refractivity contribution in [3.8, 4) is 0 Å². The van der Waals surface area contributed by atoms with Crippen molar-refractivity contribution >= 4 is 51.3 Å². The number of carbonyl (C=O) groups excluding carboxylic acids is 2. The van der Waals surface area contributed by atoms with E-state index in [-0.39, 0.29) is 11.7 Å². The summed E-state index contributed by atoms with van der Waals surface area (Å²) in [6.07, 6.45) is 0. The first kappa shape index (κ1) is 13.8. The number of thiocarbonyl (C=S) groups is 1. The Balaban J connectivity index is 2.68. The Morgan fingerprint density at radius 2 is 2.11 bits per heavy atom. The summed E-state index contributed by atoms with van der Waals surface area (Å²) in [5, 5.41) is 2.51. The number of carbonyl (C=O) groups is 2. The van der Waals surface area contributed by atoms with Crippen molar-refractivity contribution in [3.63, 3.8) is 0 Å². The minimum atomic E-state index is -0.346. The van der Waals surface area contributed by atoms with Gasteiger partial charge in [0.2, 0.25) is 0 Å². The molecule has 1 aromatic carbocycles. The molecule has 3 N–H and O–H groups in total. The summed E-state index contributed by atoms with van der Waals surface area (Å²) in [5.41, 5.74) is 8.25. The summed E-state index contributed by atoms with van der Waals surface area (Å²) in [6.45, 7) is 3.32. The first-order valence-corrected chi connectivity index (χ1v) is 6.77. The minimum Gasteiger partial charge on any atom is -0.398 e. The molecule has 0 unspecified atom stereocenters. The number of ketones is 1. The number of aryl methyl sites for hydroxylation is 1. The third kappa shape index (κ3) is 2.69. The van der Waals surface area contributed by atoms with Crippen molar-refractivity contribution in [1.29, 1.82) is 0 Å². The quantitative estimate of drug-likeness (QED) is 0.496. The lowest BCUT2D eigenvalue weighted by molar-refractivity contribution is -0.116. The fourth-order valence-corrected chi connectivity index (χ4v) is 3.01. The lowest BCUT2D eigenvalue weighted by Crippen LogP contribution is -2.19. The zero-order chi connectivity index (χ0) is 14.2. The molecule has 0 atom stereocenters. The molecule has 0 spiro atoms. The van der Waals surface area contributed by atoms with Gasteiger partial charge in [-0.2, -0.15) is 0 Å². The number of nitrogens with one attached hydrogen (secondary N) is 1. The molecule has 1 saturated heterocycles. The third-order valence-corrected chi connectivity index (χ3v) is 3.91. The molecule has 1 aromatic rings. The van der Waals surface area contributed by atoms with Crippen LogP contribution in [0.15, 0.2) is 23.1 Å². The average molecular weight is 292 g/mol. The predicted molar refractivity (Wildman–Crippen MR) is 81.5 cm³/mol. The number of hydrogen-bond donors (Lipinski definition) is 2. The molecule has 1 fully saturated rings. The van der Waals surface area contributed by atoms with Gasteiger partial charge in [0.05, 0.1) is 4.91 Å². The molecule has 6 heteroatoms. The average Bonchev–Trinajstić information content (AvgIpc) is 2.63. The van der Waals surface area contributed by atoms with Crippen LogP contribution in [0.5, 0.6) is 0 Å². The number of anilines is 1.